The van der Waals surface area contributed by atoms with Crippen molar-refractivity contribution in [3.05, 3.63) is 95.1 Å². The van der Waals surface area contributed by atoms with Crippen molar-refractivity contribution in [2.45, 2.75) is 24.7 Å². The predicted octanol–water partition coefficient (Wildman–Crippen LogP) is 3.34. The summed E-state index contributed by atoms with van der Waals surface area (Å²) in [5.74, 6) is -0.0280. The molecule has 0 spiro atoms. The Labute approximate surface area is 187 Å². The van der Waals surface area contributed by atoms with Gasteiger partial charge >= 0.3 is 6.09 Å². The molecule has 1 aliphatic carbocycles. The van der Waals surface area contributed by atoms with Gasteiger partial charge in [0.05, 0.1) is 0 Å². The number of alkyl carbamates (subject to hydrolysis) is 1. The van der Waals surface area contributed by atoms with E-state index in [-0.39, 0.29) is 19.1 Å². The molecular formula is C26H28N2O4. The van der Waals surface area contributed by atoms with E-state index in [1.54, 1.807) is 12.1 Å². The number of rotatable bonds is 8. The van der Waals surface area contributed by atoms with Crippen LogP contribution in [-0.2, 0) is 11.3 Å². The number of benzene rings is 3. The van der Waals surface area contributed by atoms with Gasteiger partial charge in [0.2, 0.25) is 0 Å². The second kappa shape index (κ2) is 9.96. The summed E-state index contributed by atoms with van der Waals surface area (Å²) in [4.78, 5) is 12.3. The average Bonchev–Trinajstić information content (AvgIpc) is 3.15. The molecule has 0 aromatic heterocycles. The van der Waals surface area contributed by atoms with Gasteiger partial charge in [0, 0.05) is 19.0 Å². The van der Waals surface area contributed by atoms with Crippen molar-refractivity contribution >= 4 is 6.09 Å². The molecule has 3 aromatic carbocycles. The van der Waals surface area contributed by atoms with Crippen LogP contribution in [0.25, 0.3) is 11.1 Å². The van der Waals surface area contributed by atoms with Crippen LogP contribution in [0, 0.1) is 0 Å². The summed E-state index contributed by atoms with van der Waals surface area (Å²) < 4.78 is 5.47. The zero-order valence-corrected chi connectivity index (χ0v) is 18.0. The number of carbonyl (C=O) groups excluding carboxylic acids is 1. The first-order valence-electron chi connectivity index (χ1n) is 10.8. The minimum atomic E-state index is -1.15. The fourth-order valence-corrected chi connectivity index (χ4v) is 4.21. The number of hydrogen-bond donors (Lipinski definition) is 4. The van der Waals surface area contributed by atoms with Crippen LogP contribution in [0.5, 0.6) is 0 Å². The van der Waals surface area contributed by atoms with E-state index in [0.717, 1.165) is 34.4 Å². The Bertz CT molecular complexity index is 1020. The number of fused-ring (bicyclic) bond motifs is 3. The smallest absolute Gasteiger partial charge is 0.407 e. The molecule has 0 heterocycles. The fraction of sp³-hybridized carbons (Fsp3) is 0.269. The summed E-state index contributed by atoms with van der Waals surface area (Å²) in [6.45, 7) is 0.809. The topological polar surface area (TPSA) is 90.8 Å². The van der Waals surface area contributed by atoms with Crippen molar-refractivity contribution in [2.75, 3.05) is 20.2 Å². The molecule has 3 aromatic rings. The van der Waals surface area contributed by atoms with Gasteiger partial charge in [-0.15, -0.1) is 0 Å². The highest BCUT2D eigenvalue weighted by molar-refractivity contribution is 5.79. The van der Waals surface area contributed by atoms with Crippen molar-refractivity contribution in [3.8, 4) is 11.1 Å². The Morgan fingerprint density at radius 3 is 2.12 bits per heavy atom. The summed E-state index contributed by atoms with van der Waals surface area (Å²) in [5.41, 5.74) is 6.27. The lowest BCUT2D eigenvalue weighted by Gasteiger charge is -2.19. The number of carbonyl (C=O) groups is 1. The summed E-state index contributed by atoms with van der Waals surface area (Å²) in [5, 5.41) is 26.3. The zero-order valence-electron chi connectivity index (χ0n) is 18.0. The van der Waals surface area contributed by atoms with Crippen molar-refractivity contribution in [1.29, 1.82) is 0 Å². The molecule has 0 saturated carbocycles. The minimum Gasteiger partial charge on any atom is -0.449 e. The Kier molecular flexibility index (Phi) is 6.85. The molecule has 1 amide bonds. The van der Waals surface area contributed by atoms with Crippen LogP contribution in [0.3, 0.4) is 0 Å². The maximum atomic E-state index is 12.3. The van der Waals surface area contributed by atoms with E-state index >= 15 is 0 Å². The molecule has 0 aliphatic heterocycles. The molecule has 6 heteroatoms. The van der Waals surface area contributed by atoms with Gasteiger partial charge in [0.15, 0.2) is 0 Å². The number of nitrogens with one attached hydrogen (secondary N) is 2. The average molecular weight is 433 g/mol. The van der Waals surface area contributed by atoms with Crippen LogP contribution in [0.4, 0.5) is 4.79 Å². The second-order valence-corrected chi connectivity index (χ2v) is 7.99. The minimum absolute atomic E-state index is 0.0280. The lowest BCUT2D eigenvalue weighted by molar-refractivity contribution is 0.0185. The van der Waals surface area contributed by atoms with Crippen LogP contribution in [0.15, 0.2) is 72.8 Å². The van der Waals surface area contributed by atoms with Crippen LogP contribution >= 0.6 is 0 Å². The van der Waals surface area contributed by atoms with E-state index < -0.39 is 18.3 Å². The first kappa shape index (κ1) is 22.0. The first-order chi connectivity index (χ1) is 15.6. The standard InChI is InChI=1S/C26H28N2O4/c1-27-14-17-10-12-18(13-11-17)25(30)24(29)15-28-26(31)32-16-23-21-8-4-2-6-19(21)20-7-3-5-9-22(20)23/h2-13,23-25,27,29-30H,14-16H2,1H3,(H,28,31). The fourth-order valence-electron chi connectivity index (χ4n) is 4.21. The van der Waals surface area contributed by atoms with Crippen molar-refractivity contribution < 1.29 is 19.7 Å². The largest absolute Gasteiger partial charge is 0.449 e. The third-order valence-electron chi connectivity index (χ3n) is 5.87. The molecule has 4 rings (SSSR count). The number of aliphatic hydroxyl groups is 2. The number of amides is 1. The third kappa shape index (κ3) is 4.67. The molecule has 6 nitrogen and oxygen atoms in total. The number of aliphatic hydroxyl groups excluding tert-OH is 2. The summed E-state index contributed by atoms with van der Waals surface area (Å²) in [6, 6.07) is 23.6. The van der Waals surface area contributed by atoms with Gasteiger partial charge in [0.25, 0.3) is 0 Å². The van der Waals surface area contributed by atoms with Gasteiger partial charge in [-0.1, -0.05) is 72.8 Å². The monoisotopic (exact) mass is 432 g/mol. The lowest BCUT2D eigenvalue weighted by atomic mass is 9.98. The van der Waals surface area contributed by atoms with Crippen LogP contribution in [-0.4, -0.2) is 42.6 Å². The Morgan fingerprint density at radius 1 is 0.938 bits per heavy atom. The van der Waals surface area contributed by atoms with Gasteiger partial charge in [0.1, 0.15) is 18.8 Å². The Hall–Kier alpha value is -3.19. The van der Waals surface area contributed by atoms with Gasteiger partial charge < -0.3 is 25.6 Å². The zero-order chi connectivity index (χ0) is 22.5. The van der Waals surface area contributed by atoms with Crippen molar-refractivity contribution in [1.82, 2.24) is 10.6 Å². The molecule has 4 N–H and O–H groups in total. The maximum absolute atomic E-state index is 12.3. The summed E-state index contributed by atoms with van der Waals surface area (Å²) in [7, 11) is 1.86. The molecule has 0 bridgehead atoms. The van der Waals surface area contributed by atoms with E-state index in [1.807, 2.05) is 43.4 Å². The Morgan fingerprint density at radius 2 is 1.53 bits per heavy atom. The third-order valence-corrected chi connectivity index (χ3v) is 5.87. The van der Waals surface area contributed by atoms with E-state index in [2.05, 4.69) is 34.9 Å². The molecular weight excluding hydrogens is 404 g/mol. The molecule has 0 radical (unpaired) electrons. The number of hydrogen-bond acceptors (Lipinski definition) is 5. The van der Waals surface area contributed by atoms with E-state index in [0.29, 0.717) is 5.56 Å². The molecule has 0 fully saturated rings. The maximum Gasteiger partial charge on any atom is 0.407 e. The summed E-state index contributed by atoms with van der Waals surface area (Å²) >= 11 is 0. The van der Waals surface area contributed by atoms with E-state index in [4.69, 9.17) is 4.74 Å². The van der Waals surface area contributed by atoms with Crippen LogP contribution < -0.4 is 10.6 Å². The molecule has 166 valence electrons. The quantitative estimate of drug-likeness (QED) is 0.438. The van der Waals surface area contributed by atoms with Crippen LogP contribution in [0.1, 0.15) is 34.3 Å². The molecule has 0 saturated heterocycles. The Balaban J connectivity index is 1.31. The van der Waals surface area contributed by atoms with Crippen molar-refractivity contribution in [3.63, 3.8) is 0 Å². The first-order valence-corrected chi connectivity index (χ1v) is 10.8. The van der Waals surface area contributed by atoms with E-state index in [9.17, 15) is 15.0 Å². The highest BCUT2D eigenvalue weighted by atomic mass is 16.5. The SMILES string of the molecule is CNCc1ccc(C(O)C(O)CNC(=O)OCC2c3ccccc3-c3ccccc32)cc1. The predicted molar refractivity (Wildman–Crippen MR) is 123 cm³/mol. The van der Waals surface area contributed by atoms with Gasteiger partial charge in [-0.25, -0.2) is 4.79 Å². The highest BCUT2D eigenvalue weighted by Crippen LogP contribution is 2.44. The van der Waals surface area contributed by atoms with Crippen LogP contribution in [0.2, 0.25) is 0 Å². The van der Waals surface area contributed by atoms with Gasteiger partial charge in [-0.05, 0) is 40.4 Å². The summed E-state index contributed by atoms with van der Waals surface area (Å²) in [6.07, 6.45) is -2.87. The molecule has 2 atom stereocenters. The number of ether oxygens (including phenoxy) is 1. The highest BCUT2D eigenvalue weighted by Gasteiger charge is 2.29. The van der Waals surface area contributed by atoms with E-state index in [1.165, 1.54) is 0 Å². The lowest BCUT2D eigenvalue weighted by Crippen LogP contribution is -2.36. The second-order valence-electron chi connectivity index (χ2n) is 7.99. The normalized spacial score (nSPS) is 14.3. The van der Waals surface area contributed by atoms with Gasteiger partial charge in [-0.2, -0.15) is 0 Å². The molecule has 1 aliphatic rings. The van der Waals surface area contributed by atoms with Crippen molar-refractivity contribution in [2.24, 2.45) is 0 Å². The van der Waals surface area contributed by atoms with Gasteiger partial charge in [-0.3, -0.25) is 0 Å². The molecule has 2 unspecified atom stereocenters. The molecule has 32 heavy (non-hydrogen) atoms.